The Balaban J connectivity index is 1.56. The zero-order valence-electron chi connectivity index (χ0n) is 22.6. The van der Waals surface area contributed by atoms with Gasteiger partial charge in [0.1, 0.15) is 0 Å². The third kappa shape index (κ3) is 3.40. The van der Waals surface area contributed by atoms with Crippen LogP contribution in [0.1, 0.15) is 0 Å². The molecule has 0 atom stereocenters. The molecule has 0 amide bonds. The third-order valence-electron chi connectivity index (χ3n) is 8.21. The molecule has 0 bridgehead atoms. The topological polar surface area (TPSA) is 69.8 Å². The van der Waals surface area contributed by atoms with Crippen LogP contribution in [0.4, 0.5) is 0 Å². The molecule has 0 spiro atoms. The van der Waals surface area contributed by atoms with Crippen LogP contribution < -0.4 is 11.1 Å². The fraction of sp³-hybridized carbons (Fsp3) is 0. The van der Waals surface area contributed by atoms with Gasteiger partial charge >= 0.3 is 0 Å². The summed E-state index contributed by atoms with van der Waals surface area (Å²) in [4.78, 5) is 38.3. The highest BCUT2D eigenvalue weighted by Gasteiger charge is 2.20. The first-order chi connectivity index (χ1) is 21.2. The maximum atomic E-state index is 14.5. The predicted molar refractivity (Wildman–Crippen MR) is 176 cm³/mol. The molecule has 0 saturated carbocycles. The van der Waals surface area contributed by atoms with Gasteiger partial charge in [0.15, 0.2) is 0 Å². The van der Waals surface area contributed by atoms with Gasteiger partial charge in [-0.2, -0.15) is 0 Å². The Morgan fingerprint density at radius 1 is 0.465 bits per heavy atom. The van der Waals surface area contributed by atoms with Crippen molar-refractivity contribution >= 4 is 75.1 Å². The van der Waals surface area contributed by atoms with E-state index in [0.717, 1.165) is 47.9 Å². The van der Waals surface area contributed by atoms with Crippen LogP contribution in [0.15, 0.2) is 131 Å². The first-order valence-electron chi connectivity index (χ1n) is 13.9. The summed E-state index contributed by atoms with van der Waals surface area (Å²) in [6, 6.07) is 35.0. The second-order valence-electron chi connectivity index (χ2n) is 10.6. The van der Waals surface area contributed by atoms with Crippen molar-refractivity contribution in [2.45, 2.75) is 0 Å². The van der Waals surface area contributed by atoms with Crippen molar-refractivity contribution in [1.29, 1.82) is 0 Å². The summed E-state index contributed by atoms with van der Waals surface area (Å²) in [7, 11) is 0. The second-order valence-corrected chi connectivity index (χ2v) is 11.7. The van der Waals surface area contributed by atoms with Gasteiger partial charge < -0.3 is 4.57 Å². The van der Waals surface area contributed by atoms with Crippen LogP contribution in [-0.2, 0) is 0 Å². The van der Waals surface area contributed by atoms with Crippen molar-refractivity contribution in [3.63, 3.8) is 0 Å². The summed E-state index contributed by atoms with van der Waals surface area (Å²) < 4.78 is 5.44. The standard InChI is InChI=1S/C36H20N4O2S/c41-35-25-19-30-27(33-29(13-7-15-37-33)39(30)21-9-3-1-4-10-21)17-23(25)24-18-28-32(43-31-14-8-16-38-34(28)31)20-26(24)36(42)40(35)22-11-5-2-6-12-22/h1-20H. The lowest BCUT2D eigenvalue weighted by atomic mass is 10.0. The van der Waals surface area contributed by atoms with E-state index in [-0.39, 0.29) is 11.1 Å². The smallest absolute Gasteiger partial charge is 0.266 e. The van der Waals surface area contributed by atoms with Gasteiger partial charge in [-0.1, -0.05) is 36.4 Å². The number of para-hydroxylation sites is 2. The minimum atomic E-state index is -0.367. The molecular formula is C36H20N4O2S. The first-order valence-corrected chi connectivity index (χ1v) is 14.7. The normalized spacial score (nSPS) is 11.9. The first kappa shape index (κ1) is 24.0. The van der Waals surface area contributed by atoms with E-state index in [0.29, 0.717) is 27.2 Å². The summed E-state index contributed by atoms with van der Waals surface area (Å²) in [5.41, 5.74) is 4.28. The predicted octanol–water partition coefficient (Wildman–Crippen LogP) is 7.76. The molecule has 0 fully saturated rings. The highest BCUT2D eigenvalue weighted by Crippen LogP contribution is 2.38. The zero-order chi connectivity index (χ0) is 28.7. The quantitative estimate of drug-likeness (QED) is 0.212. The fourth-order valence-corrected chi connectivity index (χ4v) is 7.41. The van der Waals surface area contributed by atoms with Crippen molar-refractivity contribution in [3.8, 4) is 11.4 Å². The van der Waals surface area contributed by atoms with Gasteiger partial charge in [-0.05, 0) is 83.6 Å². The molecule has 0 aliphatic rings. The molecule has 7 heteroatoms. The van der Waals surface area contributed by atoms with E-state index in [1.165, 1.54) is 4.57 Å². The van der Waals surface area contributed by atoms with E-state index in [1.54, 1.807) is 35.9 Å². The van der Waals surface area contributed by atoms with Gasteiger partial charge in [0, 0.05) is 38.9 Å². The van der Waals surface area contributed by atoms with Crippen LogP contribution in [0.3, 0.4) is 0 Å². The molecule has 0 radical (unpaired) electrons. The van der Waals surface area contributed by atoms with Gasteiger partial charge in [0.25, 0.3) is 11.1 Å². The molecule has 0 N–H and O–H groups in total. The minimum Gasteiger partial charge on any atom is -0.308 e. The van der Waals surface area contributed by atoms with E-state index in [4.69, 9.17) is 4.98 Å². The molecule has 5 heterocycles. The molecule has 0 aliphatic carbocycles. The molecule has 0 unspecified atom stereocenters. The monoisotopic (exact) mass is 572 g/mol. The Hall–Kier alpha value is -5.66. The number of hydrogen-bond acceptors (Lipinski definition) is 5. The highest BCUT2D eigenvalue weighted by molar-refractivity contribution is 7.25. The second kappa shape index (κ2) is 8.92. The number of fused-ring (bicyclic) bond motifs is 9. The summed E-state index contributed by atoms with van der Waals surface area (Å²) in [5, 5.41) is 4.22. The molecule has 0 saturated heterocycles. The van der Waals surface area contributed by atoms with Gasteiger partial charge in [-0.25, -0.2) is 4.57 Å². The van der Waals surface area contributed by atoms with Crippen LogP contribution in [0.25, 0.3) is 75.2 Å². The Labute approximate surface area is 247 Å². The number of benzene rings is 4. The maximum Gasteiger partial charge on any atom is 0.266 e. The number of hydrogen-bond donors (Lipinski definition) is 0. The molecule has 6 nitrogen and oxygen atoms in total. The molecule has 5 aromatic heterocycles. The number of aromatic nitrogens is 4. The molecule has 0 aliphatic heterocycles. The average molecular weight is 573 g/mol. The largest absolute Gasteiger partial charge is 0.308 e. The van der Waals surface area contributed by atoms with Crippen molar-refractivity contribution in [2.24, 2.45) is 0 Å². The number of pyridine rings is 2. The van der Waals surface area contributed by atoms with Crippen molar-refractivity contribution in [3.05, 3.63) is 142 Å². The van der Waals surface area contributed by atoms with Crippen LogP contribution >= 0.6 is 11.3 Å². The Bertz CT molecular complexity index is 2710. The van der Waals surface area contributed by atoms with E-state index >= 15 is 0 Å². The lowest BCUT2D eigenvalue weighted by Crippen LogP contribution is -2.28. The van der Waals surface area contributed by atoms with Gasteiger partial charge in [0.05, 0.1) is 37.8 Å². The highest BCUT2D eigenvalue weighted by atomic mass is 32.1. The summed E-state index contributed by atoms with van der Waals surface area (Å²) in [6.07, 6.45) is 3.57. The summed E-state index contributed by atoms with van der Waals surface area (Å²) in [6.45, 7) is 0. The van der Waals surface area contributed by atoms with Crippen molar-refractivity contribution in [2.75, 3.05) is 0 Å². The van der Waals surface area contributed by atoms with E-state index in [9.17, 15) is 9.59 Å². The van der Waals surface area contributed by atoms with Crippen LogP contribution in [-0.4, -0.2) is 19.1 Å². The maximum absolute atomic E-state index is 14.5. The van der Waals surface area contributed by atoms with Gasteiger partial charge in [-0.15, -0.1) is 11.3 Å². The molecule has 4 aromatic carbocycles. The third-order valence-corrected chi connectivity index (χ3v) is 9.32. The van der Waals surface area contributed by atoms with Crippen LogP contribution in [0.2, 0.25) is 0 Å². The average Bonchev–Trinajstić information content (AvgIpc) is 3.56. The molecule has 9 rings (SSSR count). The summed E-state index contributed by atoms with van der Waals surface area (Å²) in [5.74, 6) is 0. The SMILES string of the molecule is O=c1c2cc3sc4cccnc4c3cc2c2cc3c4ncccc4n(-c4ccccc4)c3cc2c(=O)n1-c1ccccc1. The van der Waals surface area contributed by atoms with Gasteiger partial charge in [0.2, 0.25) is 0 Å². The Morgan fingerprint density at radius 3 is 1.79 bits per heavy atom. The van der Waals surface area contributed by atoms with Crippen LogP contribution in [0, 0.1) is 0 Å². The lowest BCUT2D eigenvalue weighted by molar-refractivity contribution is 0.976. The molecule has 9 aromatic rings. The Kier molecular flexibility index (Phi) is 4.97. The number of rotatable bonds is 2. The van der Waals surface area contributed by atoms with Crippen LogP contribution in [0.5, 0.6) is 0 Å². The lowest BCUT2D eigenvalue weighted by Gasteiger charge is -2.07. The van der Waals surface area contributed by atoms with Crippen molar-refractivity contribution < 1.29 is 0 Å². The van der Waals surface area contributed by atoms with Gasteiger partial charge in [-0.3, -0.25) is 19.6 Å². The molecule has 43 heavy (non-hydrogen) atoms. The fourth-order valence-electron chi connectivity index (χ4n) is 6.32. The minimum absolute atomic E-state index is 0.353. The zero-order valence-corrected chi connectivity index (χ0v) is 23.4. The number of thiophene rings is 1. The van der Waals surface area contributed by atoms with E-state index < -0.39 is 0 Å². The molecule has 202 valence electrons. The molecular weight excluding hydrogens is 552 g/mol. The Morgan fingerprint density at radius 2 is 1.07 bits per heavy atom. The summed E-state index contributed by atoms with van der Waals surface area (Å²) >= 11 is 1.60. The van der Waals surface area contributed by atoms with Crippen molar-refractivity contribution in [1.82, 2.24) is 19.1 Å². The number of nitrogens with zero attached hydrogens (tertiary/aromatic N) is 4. The van der Waals surface area contributed by atoms with E-state index in [2.05, 4.69) is 9.55 Å². The van der Waals surface area contributed by atoms with E-state index in [1.807, 2.05) is 97.1 Å².